The van der Waals surface area contributed by atoms with E-state index in [9.17, 15) is 9.59 Å². The Morgan fingerprint density at radius 2 is 1.52 bits per heavy atom. The zero-order valence-electron chi connectivity index (χ0n) is 15.5. The molecular formula is C22H23N3O2. The van der Waals surface area contributed by atoms with Crippen LogP contribution in [0, 0.1) is 5.92 Å². The Kier molecular flexibility index (Phi) is 5.71. The molecule has 0 aliphatic heterocycles. The molecule has 0 spiro atoms. The van der Waals surface area contributed by atoms with E-state index in [0.29, 0.717) is 11.4 Å². The Morgan fingerprint density at radius 1 is 0.852 bits per heavy atom. The van der Waals surface area contributed by atoms with Crippen molar-refractivity contribution in [2.45, 2.75) is 13.8 Å². The molecule has 0 aromatic heterocycles. The maximum atomic E-state index is 12.3. The Balaban J connectivity index is 1.62. The highest BCUT2D eigenvalue weighted by Gasteiger charge is 2.08. The fraction of sp³-hybridized carbons (Fsp3) is 0.182. The number of fused-ring (bicyclic) bond motifs is 1. The quantitative estimate of drug-likeness (QED) is 0.606. The number of nitrogens with one attached hydrogen (secondary N) is 3. The van der Waals surface area contributed by atoms with E-state index < -0.39 is 0 Å². The lowest BCUT2D eigenvalue weighted by Gasteiger charge is -2.12. The van der Waals surface area contributed by atoms with Crippen LogP contribution in [-0.4, -0.2) is 18.4 Å². The van der Waals surface area contributed by atoms with Crippen molar-refractivity contribution >= 4 is 39.6 Å². The summed E-state index contributed by atoms with van der Waals surface area (Å²) in [4.78, 5) is 24.1. The minimum Gasteiger partial charge on any atom is -0.376 e. The number of benzene rings is 3. The van der Waals surface area contributed by atoms with Gasteiger partial charge in [-0.05, 0) is 29.7 Å². The highest BCUT2D eigenvalue weighted by Crippen LogP contribution is 2.22. The summed E-state index contributed by atoms with van der Waals surface area (Å²) >= 11 is 0. The molecule has 27 heavy (non-hydrogen) atoms. The molecule has 0 unspecified atom stereocenters. The van der Waals surface area contributed by atoms with Gasteiger partial charge in [0.2, 0.25) is 11.8 Å². The van der Waals surface area contributed by atoms with Crippen LogP contribution in [0.2, 0.25) is 0 Å². The lowest BCUT2D eigenvalue weighted by Crippen LogP contribution is -2.22. The number of rotatable bonds is 6. The number of hydrogen-bond donors (Lipinski definition) is 3. The molecule has 138 valence electrons. The number of anilines is 3. The third kappa shape index (κ3) is 4.85. The van der Waals surface area contributed by atoms with Crippen molar-refractivity contribution in [3.63, 3.8) is 0 Å². The molecule has 0 bridgehead atoms. The predicted molar refractivity (Wildman–Crippen MR) is 111 cm³/mol. The molecule has 0 heterocycles. The van der Waals surface area contributed by atoms with Crippen LogP contribution >= 0.6 is 0 Å². The number of hydrogen-bond acceptors (Lipinski definition) is 3. The van der Waals surface area contributed by atoms with Gasteiger partial charge in [0.1, 0.15) is 0 Å². The summed E-state index contributed by atoms with van der Waals surface area (Å²) in [5.41, 5.74) is 2.22. The van der Waals surface area contributed by atoms with Crippen LogP contribution in [0.25, 0.3) is 10.8 Å². The average molecular weight is 361 g/mol. The van der Waals surface area contributed by atoms with E-state index in [1.54, 1.807) is 24.3 Å². The monoisotopic (exact) mass is 361 g/mol. The van der Waals surface area contributed by atoms with Gasteiger partial charge in [0.05, 0.1) is 6.54 Å². The molecule has 5 heteroatoms. The third-order valence-electron chi connectivity index (χ3n) is 4.17. The first kappa shape index (κ1) is 18.5. The molecule has 0 radical (unpaired) electrons. The molecule has 0 saturated carbocycles. The van der Waals surface area contributed by atoms with Crippen LogP contribution in [0.15, 0.2) is 66.7 Å². The van der Waals surface area contributed by atoms with Crippen LogP contribution in [-0.2, 0) is 9.59 Å². The standard InChI is InChI=1S/C22H23N3O2/c1-15(2)22(27)25-18-10-6-9-17(13-18)24-21(26)14-23-20-12-5-8-16-7-3-4-11-19(16)20/h3-13,15,23H,14H2,1-2H3,(H,24,26)(H,25,27). The molecule has 0 saturated heterocycles. The first-order chi connectivity index (χ1) is 13.0. The minimum atomic E-state index is -0.157. The van der Waals surface area contributed by atoms with Gasteiger partial charge in [-0.1, -0.05) is 56.3 Å². The number of carbonyl (C=O) groups excluding carboxylic acids is 2. The summed E-state index contributed by atoms with van der Waals surface area (Å²) in [6.45, 7) is 3.82. The number of amides is 2. The zero-order valence-corrected chi connectivity index (χ0v) is 15.5. The topological polar surface area (TPSA) is 70.2 Å². The fourth-order valence-corrected chi connectivity index (χ4v) is 2.72. The Bertz CT molecular complexity index is 961. The van der Waals surface area contributed by atoms with Gasteiger partial charge in [0.25, 0.3) is 0 Å². The number of carbonyl (C=O) groups is 2. The van der Waals surface area contributed by atoms with Crippen LogP contribution in [0.5, 0.6) is 0 Å². The van der Waals surface area contributed by atoms with E-state index in [1.165, 1.54) is 0 Å². The molecule has 3 N–H and O–H groups in total. The summed E-state index contributed by atoms with van der Waals surface area (Å²) in [5, 5.41) is 11.1. The first-order valence-corrected chi connectivity index (χ1v) is 8.95. The summed E-state index contributed by atoms with van der Waals surface area (Å²) in [7, 11) is 0. The van der Waals surface area contributed by atoms with Gasteiger partial charge in [-0.2, -0.15) is 0 Å². The molecule has 0 atom stereocenters. The second kappa shape index (κ2) is 8.36. The molecule has 3 aromatic carbocycles. The van der Waals surface area contributed by atoms with E-state index in [-0.39, 0.29) is 24.3 Å². The molecule has 0 fully saturated rings. The van der Waals surface area contributed by atoms with Gasteiger partial charge in [0, 0.05) is 28.4 Å². The van der Waals surface area contributed by atoms with Crippen molar-refractivity contribution in [2.24, 2.45) is 5.92 Å². The zero-order chi connectivity index (χ0) is 19.2. The Morgan fingerprint density at radius 3 is 2.30 bits per heavy atom. The highest BCUT2D eigenvalue weighted by molar-refractivity contribution is 5.98. The SMILES string of the molecule is CC(C)C(=O)Nc1cccc(NC(=O)CNc2cccc3ccccc23)c1. The molecule has 0 aliphatic rings. The van der Waals surface area contributed by atoms with Crippen LogP contribution in [0.4, 0.5) is 17.1 Å². The van der Waals surface area contributed by atoms with Gasteiger partial charge in [-0.15, -0.1) is 0 Å². The smallest absolute Gasteiger partial charge is 0.243 e. The summed E-state index contributed by atoms with van der Waals surface area (Å²) < 4.78 is 0. The Labute approximate surface area is 158 Å². The summed E-state index contributed by atoms with van der Waals surface area (Å²) in [6.07, 6.45) is 0. The van der Waals surface area contributed by atoms with Crippen LogP contribution < -0.4 is 16.0 Å². The van der Waals surface area contributed by atoms with E-state index in [2.05, 4.69) is 16.0 Å². The van der Waals surface area contributed by atoms with E-state index in [1.807, 2.05) is 56.3 Å². The first-order valence-electron chi connectivity index (χ1n) is 8.95. The van der Waals surface area contributed by atoms with Gasteiger partial charge in [0.15, 0.2) is 0 Å². The van der Waals surface area contributed by atoms with Crippen LogP contribution in [0.1, 0.15) is 13.8 Å². The second-order valence-electron chi connectivity index (χ2n) is 6.65. The van der Waals surface area contributed by atoms with E-state index in [4.69, 9.17) is 0 Å². The van der Waals surface area contributed by atoms with Crippen LogP contribution in [0.3, 0.4) is 0 Å². The van der Waals surface area contributed by atoms with Gasteiger partial charge >= 0.3 is 0 Å². The third-order valence-corrected chi connectivity index (χ3v) is 4.17. The van der Waals surface area contributed by atoms with Crippen molar-refractivity contribution in [1.29, 1.82) is 0 Å². The van der Waals surface area contributed by atoms with Gasteiger partial charge < -0.3 is 16.0 Å². The average Bonchev–Trinajstić information content (AvgIpc) is 2.66. The van der Waals surface area contributed by atoms with E-state index >= 15 is 0 Å². The van der Waals surface area contributed by atoms with E-state index in [0.717, 1.165) is 16.5 Å². The van der Waals surface area contributed by atoms with Gasteiger partial charge in [-0.3, -0.25) is 9.59 Å². The molecular weight excluding hydrogens is 338 g/mol. The summed E-state index contributed by atoms with van der Waals surface area (Å²) in [6, 6.07) is 21.1. The normalized spacial score (nSPS) is 10.6. The highest BCUT2D eigenvalue weighted by atomic mass is 16.2. The maximum absolute atomic E-state index is 12.3. The largest absolute Gasteiger partial charge is 0.376 e. The molecule has 3 aromatic rings. The lowest BCUT2D eigenvalue weighted by atomic mass is 10.1. The molecule has 2 amide bonds. The molecule has 5 nitrogen and oxygen atoms in total. The maximum Gasteiger partial charge on any atom is 0.243 e. The van der Waals surface area contributed by atoms with Crippen molar-refractivity contribution in [1.82, 2.24) is 0 Å². The second-order valence-corrected chi connectivity index (χ2v) is 6.65. The lowest BCUT2D eigenvalue weighted by molar-refractivity contribution is -0.119. The molecule has 3 rings (SSSR count). The van der Waals surface area contributed by atoms with Crippen molar-refractivity contribution < 1.29 is 9.59 Å². The van der Waals surface area contributed by atoms with Gasteiger partial charge in [-0.25, -0.2) is 0 Å². The fourth-order valence-electron chi connectivity index (χ4n) is 2.72. The molecule has 0 aliphatic carbocycles. The minimum absolute atomic E-state index is 0.0592. The Hall–Kier alpha value is -3.34. The van der Waals surface area contributed by atoms with Crippen molar-refractivity contribution in [3.05, 3.63) is 66.7 Å². The van der Waals surface area contributed by atoms with Crippen molar-refractivity contribution in [3.8, 4) is 0 Å². The summed E-state index contributed by atoms with van der Waals surface area (Å²) in [5.74, 6) is -0.320. The van der Waals surface area contributed by atoms with Crippen molar-refractivity contribution in [2.75, 3.05) is 22.5 Å². The predicted octanol–water partition coefficient (Wildman–Crippen LogP) is 4.48.